The Morgan fingerprint density at radius 2 is 2.26 bits per heavy atom. The molecule has 0 bridgehead atoms. The highest BCUT2D eigenvalue weighted by Crippen LogP contribution is 2.30. The van der Waals surface area contributed by atoms with Crippen molar-refractivity contribution in [1.29, 1.82) is 0 Å². The van der Waals surface area contributed by atoms with Gasteiger partial charge in [0.15, 0.2) is 0 Å². The van der Waals surface area contributed by atoms with Gasteiger partial charge in [-0.1, -0.05) is 19.9 Å². The van der Waals surface area contributed by atoms with Crippen LogP contribution in [-0.4, -0.2) is 30.0 Å². The van der Waals surface area contributed by atoms with Crippen molar-refractivity contribution in [2.45, 2.75) is 25.8 Å². The number of carbonyl (C=O) groups is 1. The fourth-order valence-corrected chi connectivity index (χ4v) is 2.70. The lowest BCUT2D eigenvalue weighted by atomic mass is 9.97. The molecule has 0 saturated carbocycles. The molecule has 1 amide bonds. The summed E-state index contributed by atoms with van der Waals surface area (Å²) in [5.74, 6) is 0.335. The molecule has 3 N–H and O–H groups in total. The zero-order valence-electron chi connectivity index (χ0n) is 11.3. The maximum Gasteiger partial charge on any atom is 0.251 e. The Bertz CT molecular complexity index is 615. The largest absolute Gasteiger partial charge is 0.361 e. The molecule has 2 heterocycles. The third-order valence-electron chi connectivity index (χ3n) is 3.70. The van der Waals surface area contributed by atoms with E-state index in [1.807, 2.05) is 24.4 Å². The van der Waals surface area contributed by atoms with Crippen LogP contribution in [0.2, 0.25) is 0 Å². The molecule has 0 saturated heterocycles. The lowest BCUT2D eigenvalue weighted by molar-refractivity contribution is 0.0954. The maximum atomic E-state index is 12.1. The monoisotopic (exact) mass is 257 g/mol. The van der Waals surface area contributed by atoms with Crippen LogP contribution in [0.5, 0.6) is 0 Å². The molecule has 1 atom stereocenters. The first-order chi connectivity index (χ1) is 9.16. The maximum absolute atomic E-state index is 12.1. The van der Waals surface area contributed by atoms with E-state index < -0.39 is 0 Å². The number of nitrogens with one attached hydrogen (secondary N) is 3. The van der Waals surface area contributed by atoms with Gasteiger partial charge >= 0.3 is 0 Å². The van der Waals surface area contributed by atoms with Gasteiger partial charge in [0.25, 0.3) is 5.91 Å². The van der Waals surface area contributed by atoms with Crippen LogP contribution < -0.4 is 10.6 Å². The van der Waals surface area contributed by atoms with Crippen molar-refractivity contribution in [2.24, 2.45) is 0 Å². The van der Waals surface area contributed by atoms with Gasteiger partial charge in [-0.3, -0.25) is 4.79 Å². The van der Waals surface area contributed by atoms with Gasteiger partial charge in [-0.2, -0.15) is 0 Å². The number of aromatic nitrogens is 1. The molecule has 3 rings (SSSR count). The minimum Gasteiger partial charge on any atom is -0.361 e. The van der Waals surface area contributed by atoms with Crippen LogP contribution >= 0.6 is 0 Å². The van der Waals surface area contributed by atoms with Crippen molar-refractivity contribution in [3.63, 3.8) is 0 Å². The van der Waals surface area contributed by atoms with Gasteiger partial charge in [0.2, 0.25) is 0 Å². The molecule has 1 unspecified atom stereocenters. The highest BCUT2D eigenvalue weighted by atomic mass is 16.1. The minimum absolute atomic E-state index is 0.0264. The van der Waals surface area contributed by atoms with Gasteiger partial charge < -0.3 is 15.6 Å². The van der Waals surface area contributed by atoms with E-state index >= 15 is 0 Å². The third-order valence-corrected chi connectivity index (χ3v) is 3.70. The number of hydrogen-bond donors (Lipinski definition) is 3. The first-order valence-electron chi connectivity index (χ1n) is 6.78. The van der Waals surface area contributed by atoms with Crippen LogP contribution in [-0.2, 0) is 0 Å². The average molecular weight is 257 g/mol. The summed E-state index contributed by atoms with van der Waals surface area (Å²) in [6.07, 6.45) is 2.04. The third kappa shape index (κ3) is 2.12. The molecule has 1 aromatic heterocycles. The summed E-state index contributed by atoms with van der Waals surface area (Å²) in [6.45, 7) is 5.82. The van der Waals surface area contributed by atoms with E-state index in [1.165, 1.54) is 5.56 Å². The molecule has 1 aliphatic rings. The quantitative estimate of drug-likeness (QED) is 0.787. The van der Waals surface area contributed by atoms with E-state index in [0.717, 1.165) is 23.0 Å². The first kappa shape index (κ1) is 12.2. The Hall–Kier alpha value is -1.81. The van der Waals surface area contributed by atoms with Crippen molar-refractivity contribution < 1.29 is 4.79 Å². The molecule has 0 aliphatic carbocycles. The van der Waals surface area contributed by atoms with Gasteiger partial charge in [0.1, 0.15) is 0 Å². The molecular weight excluding hydrogens is 238 g/mol. The lowest BCUT2D eigenvalue weighted by Gasteiger charge is -2.17. The summed E-state index contributed by atoms with van der Waals surface area (Å²) < 4.78 is 0. The summed E-state index contributed by atoms with van der Waals surface area (Å²) in [4.78, 5) is 15.4. The fourth-order valence-electron chi connectivity index (χ4n) is 2.70. The second kappa shape index (κ2) is 4.70. The summed E-state index contributed by atoms with van der Waals surface area (Å²) in [6, 6.07) is 6.29. The van der Waals surface area contributed by atoms with E-state index in [9.17, 15) is 4.79 Å². The molecule has 100 valence electrons. The minimum atomic E-state index is 0.0264. The van der Waals surface area contributed by atoms with Crippen molar-refractivity contribution in [1.82, 2.24) is 15.6 Å². The van der Waals surface area contributed by atoms with E-state index in [-0.39, 0.29) is 5.91 Å². The molecule has 1 aliphatic heterocycles. The summed E-state index contributed by atoms with van der Waals surface area (Å²) in [5, 5.41) is 7.55. The predicted octanol–water partition coefficient (Wildman–Crippen LogP) is 1.99. The summed E-state index contributed by atoms with van der Waals surface area (Å²) in [5.41, 5.74) is 3.05. The van der Waals surface area contributed by atoms with Crippen molar-refractivity contribution in [2.75, 3.05) is 13.1 Å². The number of aromatic amines is 1. The molecule has 0 fully saturated rings. The Labute approximate surface area is 112 Å². The second-order valence-electron chi connectivity index (χ2n) is 5.44. The standard InChI is InChI=1S/C15H19N3O/c1-9(2)16-6-10-7-18-15(19)11-4-3-5-13-14(11)12(10)8-17-13/h3-5,8-10,16-17H,6-7H2,1-2H3,(H,18,19). The Morgan fingerprint density at radius 1 is 1.42 bits per heavy atom. The van der Waals surface area contributed by atoms with Crippen molar-refractivity contribution >= 4 is 16.8 Å². The van der Waals surface area contributed by atoms with Crippen LogP contribution in [0.1, 0.15) is 35.7 Å². The van der Waals surface area contributed by atoms with Gasteiger partial charge in [-0.25, -0.2) is 0 Å². The van der Waals surface area contributed by atoms with Gasteiger partial charge in [0, 0.05) is 47.7 Å². The topological polar surface area (TPSA) is 56.9 Å². The van der Waals surface area contributed by atoms with E-state index in [1.54, 1.807) is 0 Å². The number of H-pyrrole nitrogens is 1. The van der Waals surface area contributed by atoms with E-state index in [4.69, 9.17) is 0 Å². The number of amides is 1. The Kier molecular flexibility index (Phi) is 3.03. The fraction of sp³-hybridized carbons (Fsp3) is 0.400. The average Bonchev–Trinajstić information content (AvgIpc) is 2.76. The lowest BCUT2D eigenvalue weighted by Crippen LogP contribution is -2.33. The Balaban J connectivity index is 2.05. The van der Waals surface area contributed by atoms with Crippen LogP contribution in [0.4, 0.5) is 0 Å². The molecule has 1 aromatic carbocycles. The highest BCUT2D eigenvalue weighted by molar-refractivity contribution is 6.08. The highest BCUT2D eigenvalue weighted by Gasteiger charge is 2.24. The van der Waals surface area contributed by atoms with Gasteiger partial charge in [-0.15, -0.1) is 0 Å². The molecule has 2 aromatic rings. The normalized spacial score (nSPS) is 18.7. The van der Waals surface area contributed by atoms with Crippen LogP contribution in [0.3, 0.4) is 0 Å². The molecule has 0 spiro atoms. The zero-order valence-corrected chi connectivity index (χ0v) is 11.3. The summed E-state index contributed by atoms with van der Waals surface area (Å²) in [7, 11) is 0. The van der Waals surface area contributed by atoms with E-state index in [0.29, 0.717) is 18.5 Å². The SMILES string of the molecule is CC(C)NCC1CNC(=O)c2cccc3[nH]cc1c23. The first-order valence-corrected chi connectivity index (χ1v) is 6.78. The molecule has 0 radical (unpaired) electrons. The van der Waals surface area contributed by atoms with E-state index in [2.05, 4.69) is 29.5 Å². The Morgan fingerprint density at radius 3 is 3.05 bits per heavy atom. The van der Waals surface area contributed by atoms with Crippen molar-refractivity contribution in [3.8, 4) is 0 Å². The van der Waals surface area contributed by atoms with Crippen LogP contribution in [0.25, 0.3) is 10.9 Å². The zero-order chi connectivity index (χ0) is 13.4. The smallest absolute Gasteiger partial charge is 0.251 e. The van der Waals surface area contributed by atoms with Crippen LogP contribution in [0.15, 0.2) is 24.4 Å². The predicted molar refractivity (Wildman–Crippen MR) is 76.5 cm³/mol. The van der Waals surface area contributed by atoms with Crippen LogP contribution in [0, 0.1) is 0 Å². The molecule has 4 heteroatoms. The number of benzene rings is 1. The number of carbonyl (C=O) groups excluding carboxylic acids is 1. The molecule has 19 heavy (non-hydrogen) atoms. The van der Waals surface area contributed by atoms with Crippen molar-refractivity contribution in [3.05, 3.63) is 35.5 Å². The molecular formula is C15H19N3O. The van der Waals surface area contributed by atoms with Gasteiger partial charge in [0.05, 0.1) is 0 Å². The number of hydrogen-bond acceptors (Lipinski definition) is 2. The summed E-state index contributed by atoms with van der Waals surface area (Å²) >= 11 is 0. The number of rotatable bonds is 3. The second-order valence-corrected chi connectivity index (χ2v) is 5.44. The van der Waals surface area contributed by atoms with Gasteiger partial charge in [-0.05, 0) is 17.7 Å². The molecule has 4 nitrogen and oxygen atoms in total.